The largest absolute Gasteiger partial charge is 0.504 e. The molecule has 72 valence electrons. The summed E-state index contributed by atoms with van der Waals surface area (Å²) in [4.78, 5) is 0. The third kappa shape index (κ3) is 1.28. The summed E-state index contributed by atoms with van der Waals surface area (Å²) in [5.74, 6) is -1.30. The summed E-state index contributed by atoms with van der Waals surface area (Å²) >= 11 is 1.22. The maximum Gasteiger partial charge on any atom is 0.490 e. The monoisotopic (exact) mass is 212 g/mol. The van der Waals surface area contributed by atoms with E-state index in [-0.39, 0.29) is 5.46 Å². The second-order valence-corrected chi connectivity index (χ2v) is 3.75. The van der Waals surface area contributed by atoms with Crippen molar-refractivity contribution in [2.45, 2.75) is 0 Å². The van der Waals surface area contributed by atoms with Gasteiger partial charge in [0.25, 0.3) is 0 Å². The minimum atomic E-state index is -1.73. The van der Waals surface area contributed by atoms with Gasteiger partial charge in [0.1, 0.15) is 0 Å². The van der Waals surface area contributed by atoms with Crippen LogP contribution in [-0.2, 0) is 0 Å². The molecule has 0 aliphatic rings. The average Bonchev–Trinajstić information content (AvgIpc) is 2.59. The lowest BCUT2D eigenvalue weighted by Gasteiger charge is -2.04. The van der Waals surface area contributed by atoms with Crippen LogP contribution in [0, 0.1) is 5.82 Å². The SMILES string of the molecule is OB(O)c1cc(F)c(O)c2ccsc12. The highest BCUT2D eigenvalue weighted by molar-refractivity contribution is 7.18. The number of halogens is 1. The van der Waals surface area contributed by atoms with Crippen LogP contribution in [-0.4, -0.2) is 22.3 Å². The molecule has 2 rings (SSSR count). The predicted molar refractivity (Wildman–Crippen MR) is 53.3 cm³/mol. The molecule has 0 spiro atoms. The summed E-state index contributed by atoms with van der Waals surface area (Å²) in [6.45, 7) is 0. The summed E-state index contributed by atoms with van der Waals surface area (Å²) in [5.41, 5.74) is 0.0744. The molecule has 0 radical (unpaired) electrons. The predicted octanol–water partition coefficient (Wildman–Crippen LogP) is 0.426. The average molecular weight is 212 g/mol. The van der Waals surface area contributed by atoms with Crippen LogP contribution >= 0.6 is 11.3 Å². The molecule has 0 fully saturated rings. The molecular weight excluding hydrogens is 206 g/mol. The van der Waals surface area contributed by atoms with E-state index in [9.17, 15) is 9.50 Å². The van der Waals surface area contributed by atoms with Gasteiger partial charge < -0.3 is 15.2 Å². The maximum absolute atomic E-state index is 13.1. The first-order valence-electron chi connectivity index (χ1n) is 3.86. The summed E-state index contributed by atoms with van der Waals surface area (Å²) in [5, 5.41) is 29.2. The third-order valence-electron chi connectivity index (χ3n) is 1.97. The molecule has 2 aromatic rings. The van der Waals surface area contributed by atoms with Gasteiger partial charge in [0.2, 0.25) is 0 Å². The molecule has 0 saturated carbocycles. The van der Waals surface area contributed by atoms with Crippen LogP contribution in [0.25, 0.3) is 10.1 Å². The Hall–Kier alpha value is -1.11. The minimum absolute atomic E-state index is 0.0744. The van der Waals surface area contributed by atoms with Gasteiger partial charge in [-0.3, -0.25) is 0 Å². The number of rotatable bonds is 1. The van der Waals surface area contributed by atoms with E-state index in [1.807, 2.05) is 0 Å². The molecule has 0 amide bonds. The van der Waals surface area contributed by atoms with Gasteiger partial charge in [-0.25, -0.2) is 4.39 Å². The first kappa shape index (κ1) is 9.45. The van der Waals surface area contributed by atoms with Crippen molar-refractivity contribution in [3.8, 4) is 5.75 Å². The minimum Gasteiger partial charge on any atom is -0.504 e. The zero-order valence-electron chi connectivity index (χ0n) is 6.94. The van der Waals surface area contributed by atoms with Crippen LogP contribution in [0.3, 0.4) is 0 Å². The van der Waals surface area contributed by atoms with Crippen molar-refractivity contribution in [1.82, 2.24) is 0 Å². The molecule has 3 N–H and O–H groups in total. The number of benzene rings is 1. The van der Waals surface area contributed by atoms with E-state index in [0.717, 1.165) is 6.07 Å². The number of fused-ring (bicyclic) bond motifs is 1. The number of hydrogen-bond donors (Lipinski definition) is 3. The zero-order valence-corrected chi connectivity index (χ0v) is 7.75. The maximum atomic E-state index is 13.1. The fraction of sp³-hybridized carbons (Fsp3) is 0. The van der Waals surface area contributed by atoms with E-state index in [0.29, 0.717) is 10.1 Å². The Labute approximate surface area is 83.2 Å². The fourth-order valence-corrected chi connectivity index (χ4v) is 2.24. The van der Waals surface area contributed by atoms with E-state index in [1.165, 1.54) is 17.4 Å². The van der Waals surface area contributed by atoms with Crippen molar-refractivity contribution in [3.05, 3.63) is 23.3 Å². The van der Waals surface area contributed by atoms with Gasteiger partial charge in [0.05, 0.1) is 0 Å². The molecule has 3 nitrogen and oxygen atoms in total. The summed E-state index contributed by atoms with van der Waals surface area (Å²) in [7, 11) is -1.73. The van der Waals surface area contributed by atoms with Crippen LogP contribution in [0.4, 0.5) is 4.39 Å². The molecule has 1 aromatic heterocycles. The Bertz CT molecular complexity index is 483. The van der Waals surface area contributed by atoms with Crippen LogP contribution in [0.1, 0.15) is 0 Å². The molecular formula is C8H6BFO3S. The molecule has 6 heteroatoms. The van der Waals surface area contributed by atoms with E-state index in [4.69, 9.17) is 10.0 Å². The van der Waals surface area contributed by atoms with Crippen molar-refractivity contribution in [2.75, 3.05) is 0 Å². The van der Waals surface area contributed by atoms with Crippen LogP contribution in [0.2, 0.25) is 0 Å². The van der Waals surface area contributed by atoms with Crippen LogP contribution in [0.5, 0.6) is 5.75 Å². The molecule has 14 heavy (non-hydrogen) atoms. The molecule has 0 unspecified atom stereocenters. The standard InChI is InChI=1S/C8H6BFO3S/c10-6-3-5(9(12)13)8-4(7(6)11)1-2-14-8/h1-3,11-13H. The Morgan fingerprint density at radius 3 is 2.71 bits per heavy atom. The zero-order chi connectivity index (χ0) is 10.3. The van der Waals surface area contributed by atoms with Gasteiger partial charge in [0, 0.05) is 15.5 Å². The summed E-state index contributed by atoms with van der Waals surface area (Å²) in [6.07, 6.45) is 0. The first-order valence-corrected chi connectivity index (χ1v) is 4.74. The van der Waals surface area contributed by atoms with Crippen molar-refractivity contribution in [3.63, 3.8) is 0 Å². The van der Waals surface area contributed by atoms with Crippen LogP contribution in [0.15, 0.2) is 17.5 Å². The van der Waals surface area contributed by atoms with Gasteiger partial charge in [-0.1, -0.05) is 0 Å². The Morgan fingerprint density at radius 1 is 1.36 bits per heavy atom. The lowest BCUT2D eigenvalue weighted by molar-refractivity contribution is 0.424. The number of thiophene rings is 1. The van der Waals surface area contributed by atoms with Gasteiger partial charge in [0.15, 0.2) is 11.6 Å². The smallest absolute Gasteiger partial charge is 0.490 e. The molecule has 1 aromatic carbocycles. The first-order chi connectivity index (χ1) is 6.61. The Balaban J connectivity index is 2.84. The van der Waals surface area contributed by atoms with Crippen molar-refractivity contribution < 1.29 is 19.5 Å². The molecule has 0 atom stereocenters. The quantitative estimate of drug-likeness (QED) is 0.600. The molecule has 0 aliphatic heterocycles. The highest BCUT2D eigenvalue weighted by Crippen LogP contribution is 2.29. The highest BCUT2D eigenvalue weighted by Gasteiger charge is 2.20. The Kier molecular flexibility index (Phi) is 2.18. The highest BCUT2D eigenvalue weighted by atomic mass is 32.1. The lowest BCUT2D eigenvalue weighted by atomic mass is 9.79. The van der Waals surface area contributed by atoms with Gasteiger partial charge >= 0.3 is 7.12 Å². The molecule has 0 bridgehead atoms. The Morgan fingerprint density at radius 2 is 2.07 bits per heavy atom. The van der Waals surface area contributed by atoms with Crippen molar-refractivity contribution >= 4 is 34.0 Å². The van der Waals surface area contributed by atoms with Gasteiger partial charge in [-0.2, -0.15) is 0 Å². The lowest BCUT2D eigenvalue weighted by Crippen LogP contribution is -2.30. The van der Waals surface area contributed by atoms with Gasteiger partial charge in [-0.15, -0.1) is 11.3 Å². The molecule has 0 saturated heterocycles. The van der Waals surface area contributed by atoms with Crippen molar-refractivity contribution in [1.29, 1.82) is 0 Å². The number of phenols is 1. The second-order valence-electron chi connectivity index (χ2n) is 2.83. The van der Waals surface area contributed by atoms with E-state index < -0.39 is 18.7 Å². The number of phenolic OH excluding ortho intramolecular Hbond substituents is 1. The topological polar surface area (TPSA) is 60.7 Å². The van der Waals surface area contributed by atoms with Crippen molar-refractivity contribution in [2.24, 2.45) is 0 Å². The van der Waals surface area contributed by atoms with E-state index >= 15 is 0 Å². The number of hydrogen-bond acceptors (Lipinski definition) is 4. The molecule has 1 heterocycles. The third-order valence-corrected chi connectivity index (χ3v) is 2.93. The summed E-state index contributed by atoms with van der Waals surface area (Å²) < 4.78 is 13.6. The van der Waals surface area contributed by atoms with E-state index in [1.54, 1.807) is 5.38 Å². The van der Waals surface area contributed by atoms with Crippen LogP contribution < -0.4 is 5.46 Å². The van der Waals surface area contributed by atoms with E-state index in [2.05, 4.69) is 0 Å². The van der Waals surface area contributed by atoms with Gasteiger partial charge in [-0.05, 0) is 17.5 Å². The second kappa shape index (κ2) is 3.23. The normalized spacial score (nSPS) is 10.8. The number of aromatic hydroxyl groups is 1. The summed E-state index contributed by atoms with van der Waals surface area (Å²) in [6, 6.07) is 2.46. The fourth-order valence-electron chi connectivity index (χ4n) is 1.31. The molecule has 0 aliphatic carbocycles.